The number of anilines is 1. The van der Waals surface area contributed by atoms with E-state index in [0.717, 1.165) is 12.8 Å². The first-order valence-corrected chi connectivity index (χ1v) is 10.3. The number of nitrogens with zero attached hydrogens (tertiary/aromatic N) is 4. The van der Waals surface area contributed by atoms with E-state index in [9.17, 15) is 12.8 Å². The summed E-state index contributed by atoms with van der Waals surface area (Å²) >= 11 is 0. The fraction of sp³-hybridized carbons (Fsp3) is 0.444. The number of sulfonamides is 1. The number of likely N-dealkylation sites (N-methyl/N-ethyl adjacent to an activating group) is 1. The molecule has 1 aromatic carbocycles. The molecule has 2 aromatic rings. The van der Waals surface area contributed by atoms with Gasteiger partial charge in [0.25, 0.3) is 0 Å². The van der Waals surface area contributed by atoms with Gasteiger partial charge in [0, 0.05) is 25.7 Å². The highest BCUT2D eigenvalue weighted by molar-refractivity contribution is 7.90. The van der Waals surface area contributed by atoms with Gasteiger partial charge in [0.2, 0.25) is 10.0 Å². The lowest BCUT2D eigenvalue weighted by molar-refractivity contribution is 0.307. The molecule has 0 bridgehead atoms. The monoisotopic (exact) mass is 392 g/mol. The van der Waals surface area contributed by atoms with Crippen molar-refractivity contribution in [2.75, 3.05) is 32.1 Å². The van der Waals surface area contributed by atoms with Crippen molar-refractivity contribution in [1.29, 1.82) is 0 Å². The molecule has 0 N–H and O–H groups in total. The second-order valence-electron chi connectivity index (χ2n) is 6.91. The smallest absolute Gasteiger partial charge is 0.217 e. The third-order valence-electron chi connectivity index (χ3n) is 5.16. The van der Waals surface area contributed by atoms with Gasteiger partial charge in [-0.05, 0) is 37.1 Å². The van der Waals surface area contributed by atoms with Gasteiger partial charge in [0.05, 0.1) is 18.4 Å². The molecule has 144 valence electrons. The molecule has 27 heavy (non-hydrogen) atoms. The Morgan fingerprint density at radius 2 is 1.85 bits per heavy atom. The zero-order valence-electron chi connectivity index (χ0n) is 15.2. The largest absolute Gasteiger partial charge is 0.497 e. The maximum Gasteiger partial charge on any atom is 0.217 e. The van der Waals surface area contributed by atoms with Crippen LogP contribution in [-0.4, -0.2) is 61.2 Å². The average Bonchev–Trinajstić information content (AvgIpc) is 3.47. The van der Waals surface area contributed by atoms with Crippen LogP contribution in [0, 0.1) is 5.82 Å². The minimum atomic E-state index is -3.23. The van der Waals surface area contributed by atoms with E-state index >= 15 is 0 Å². The van der Waals surface area contributed by atoms with Crippen molar-refractivity contribution >= 4 is 15.8 Å². The molecule has 0 atom stereocenters. The number of hydrogen-bond donors (Lipinski definition) is 0. The molecule has 2 aliphatic rings. The lowest BCUT2D eigenvalue weighted by atomic mass is 10.1. The van der Waals surface area contributed by atoms with Crippen LogP contribution in [0.5, 0.6) is 5.75 Å². The Morgan fingerprint density at radius 1 is 1.19 bits per heavy atom. The molecule has 0 spiro atoms. The summed E-state index contributed by atoms with van der Waals surface area (Å²) in [6.45, 7) is 0.830. The molecule has 2 fully saturated rings. The number of methoxy groups -OCH3 is 1. The molecular weight excluding hydrogens is 371 g/mol. The Balaban J connectivity index is 1.50. The van der Waals surface area contributed by atoms with Crippen molar-refractivity contribution in [3.63, 3.8) is 0 Å². The van der Waals surface area contributed by atoms with Gasteiger partial charge < -0.3 is 9.64 Å². The Labute approximate surface area is 157 Å². The van der Waals surface area contributed by atoms with E-state index in [4.69, 9.17) is 4.74 Å². The molecule has 7 nitrogen and oxygen atoms in total. The predicted molar refractivity (Wildman–Crippen MR) is 99.7 cm³/mol. The van der Waals surface area contributed by atoms with Crippen LogP contribution in [0.1, 0.15) is 12.8 Å². The SMILES string of the molecule is COc1ccc(-c2ncnc(N3CC(N(C)S(=O)(=O)C4CC4)C3)c2F)cc1. The molecule has 1 saturated carbocycles. The molecule has 0 radical (unpaired) electrons. The Kier molecular flexibility index (Phi) is 4.51. The Bertz CT molecular complexity index is 942. The maximum absolute atomic E-state index is 15.0. The lowest BCUT2D eigenvalue weighted by Crippen LogP contribution is -2.60. The van der Waals surface area contributed by atoms with Crippen LogP contribution in [0.2, 0.25) is 0 Å². The molecule has 1 aromatic heterocycles. The topological polar surface area (TPSA) is 75.6 Å². The van der Waals surface area contributed by atoms with Crippen molar-refractivity contribution in [3.05, 3.63) is 36.4 Å². The normalized spacial score (nSPS) is 17.9. The highest BCUT2D eigenvalue weighted by Gasteiger charge is 2.44. The fourth-order valence-corrected chi connectivity index (χ4v) is 4.95. The van der Waals surface area contributed by atoms with Crippen molar-refractivity contribution in [2.24, 2.45) is 0 Å². The fourth-order valence-electron chi connectivity index (χ4n) is 3.20. The number of benzene rings is 1. The van der Waals surface area contributed by atoms with E-state index in [1.165, 1.54) is 10.6 Å². The van der Waals surface area contributed by atoms with E-state index < -0.39 is 15.8 Å². The summed E-state index contributed by atoms with van der Waals surface area (Å²) < 4.78 is 46.2. The number of ether oxygens (including phenoxy) is 1. The Hall–Kier alpha value is -2.26. The first-order chi connectivity index (χ1) is 12.9. The lowest BCUT2D eigenvalue weighted by Gasteiger charge is -2.44. The third-order valence-corrected chi connectivity index (χ3v) is 7.57. The summed E-state index contributed by atoms with van der Waals surface area (Å²) in [5.41, 5.74) is 0.840. The van der Waals surface area contributed by atoms with Crippen LogP contribution < -0.4 is 9.64 Å². The molecule has 4 rings (SSSR count). The predicted octanol–water partition coefficient (Wildman–Crippen LogP) is 1.90. The quantitative estimate of drug-likeness (QED) is 0.748. The minimum Gasteiger partial charge on any atom is -0.497 e. The van der Waals surface area contributed by atoms with Gasteiger partial charge in [-0.1, -0.05) is 0 Å². The van der Waals surface area contributed by atoms with Gasteiger partial charge in [-0.15, -0.1) is 0 Å². The van der Waals surface area contributed by atoms with Crippen LogP contribution in [0.25, 0.3) is 11.3 Å². The second-order valence-corrected chi connectivity index (χ2v) is 9.18. The van der Waals surface area contributed by atoms with E-state index in [1.807, 2.05) is 0 Å². The van der Waals surface area contributed by atoms with Crippen LogP contribution in [0.3, 0.4) is 0 Å². The average molecular weight is 392 g/mol. The summed E-state index contributed by atoms with van der Waals surface area (Å²) in [5, 5.41) is -0.242. The third kappa shape index (κ3) is 3.25. The number of halogens is 1. The number of hydrogen-bond acceptors (Lipinski definition) is 6. The minimum absolute atomic E-state index is 0.158. The van der Waals surface area contributed by atoms with Crippen LogP contribution in [0.4, 0.5) is 10.2 Å². The summed E-state index contributed by atoms with van der Waals surface area (Å²) in [4.78, 5) is 9.88. The van der Waals surface area contributed by atoms with Crippen molar-refractivity contribution < 1.29 is 17.5 Å². The van der Waals surface area contributed by atoms with E-state index in [2.05, 4.69) is 9.97 Å². The standard InChI is InChI=1S/C18H21FN4O3S/c1-22(27(24,25)15-7-8-15)13-9-23(10-13)18-16(19)17(20-11-21-18)12-3-5-14(26-2)6-4-12/h3-6,11,13,15H,7-10H2,1-2H3. The molecule has 1 aliphatic carbocycles. The van der Waals surface area contributed by atoms with Gasteiger partial charge in [0.1, 0.15) is 17.8 Å². The summed E-state index contributed by atoms with van der Waals surface area (Å²) in [5.74, 6) is 0.372. The van der Waals surface area contributed by atoms with Crippen molar-refractivity contribution in [3.8, 4) is 17.0 Å². The van der Waals surface area contributed by atoms with Gasteiger partial charge in [0.15, 0.2) is 11.6 Å². The van der Waals surface area contributed by atoms with E-state index in [0.29, 0.717) is 24.4 Å². The molecule has 0 amide bonds. The number of rotatable bonds is 6. The zero-order chi connectivity index (χ0) is 19.2. The first-order valence-electron chi connectivity index (χ1n) is 8.78. The molecular formula is C18H21FN4O3S. The summed E-state index contributed by atoms with van der Waals surface area (Å²) in [6, 6.07) is 6.81. The van der Waals surface area contributed by atoms with E-state index in [1.54, 1.807) is 43.3 Å². The van der Waals surface area contributed by atoms with Gasteiger partial charge in [-0.3, -0.25) is 0 Å². The molecule has 0 unspecified atom stereocenters. The molecule has 1 aliphatic heterocycles. The van der Waals surface area contributed by atoms with Crippen molar-refractivity contribution in [1.82, 2.24) is 14.3 Å². The molecule has 2 heterocycles. The molecule has 9 heteroatoms. The van der Waals surface area contributed by atoms with E-state index in [-0.39, 0.29) is 22.8 Å². The first kappa shape index (κ1) is 18.1. The van der Waals surface area contributed by atoms with Gasteiger partial charge in [-0.2, -0.15) is 4.31 Å². The highest BCUT2D eigenvalue weighted by atomic mass is 32.2. The Morgan fingerprint density at radius 3 is 2.44 bits per heavy atom. The second kappa shape index (κ2) is 6.72. The van der Waals surface area contributed by atoms with Crippen LogP contribution in [-0.2, 0) is 10.0 Å². The van der Waals surface area contributed by atoms with Crippen LogP contribution >= 0.6 is 0 Å². The van der Waals surface area contributed by atoms with Gasteiger partial charge in [-0.25, -0.2) is 22.8 Å². The van der Waals surface area contributed by atoms with Crippen LogP contribution in [0.15, 0.2) is 30.6 Å². The highest BCUT2D eigenvalue weighted by Crippen LogP contribution is 2.34. The zero-order valence-corrected chi connectivity index (χ0v) is 16.0. The van der Waals surface area contributed by atoms with Crippen molar-refractivity contribution in [2.45, 2.75) is 24.1 Å². The van der Waals surface area contributed by atoms with Gasteiger partial charge >= 0.3 is 0 Å². The number of aromatic nitrogens is 2. The maximum atomic E-state index is 15.0. The summed E-state index contributed by atoms with van der Waals surface area (Å²) in [7, 11) is -0.0566. The molecule has 1 saturated heterocycles. The summed E-state index contributed by atoms with van der Waals surface area (Å²) in [6.07, 6.45) is 2.79.